The fourth-order valence-corrected chi connectivity index (χ4v) is 3.55. The van der Waals surface area contributed by atoms with E-state index in [0.29, 0.717) is 0 Å². The average Bonchev–Trinajstić information content (AvgIpc) is 3.00. The highest BCUT2D eigenvalue weighted by atomic mass is 32.1. The zero-order valence-electron chi connectivity index (χ0n) is 8.58. The smallest absolute Gasteiger partial charge is 0.0919 e. The molecule has 1 fully saturated rings. The predicted octanol–water partition coefficient (Wildman–Crippen LogP) is 3.76. The van der Waals surface area contributed by atoms with E-state index < -0.39 is 0 Å². The van der Waals surface area contributed by atoms with E-state index in [2.05, 4.69) is 37.3 Å². The van der Waals surface area contributed by atoms with Gasteiger partial charge in [-0.3, -0.25) is 0 Å². The van der Waals surface area contributed by atoms with Gasteiger partial charge in [-0.25, -0.2) is 0 Å². The summed E-state index contributed by atoms with van der Waals surface area (Å²) < 4.78 is 1.31. The van der Waals surface area contributed by atoms with Crippen LogP contribution in [0.4, 0.5) is 0 Å². The van der Waals surface area contributed by atoms with E-state index in [0.717, 1.165) is 12.8 Å². The molecule has 1 aromatic heterocycles. The molecule has 1 aliphatic carbocycles. The van der Waals surface area contributed by atoms with Gasteiger partial charge in [-0.1, -0.05) is 18.2 Å². The van der Waals surface area contributed by atoms with Crippen molar-refractivity contribution in [3.8, 4) is 6.07 Å². The summed E-state index contributed by atoms with van der Waals surface area (Å²) in [6, 6.07) is 10.9. The third kappa shape index (κ3) is 1.13. The molecule has 3 rings (SSSR count). The van der Waals surface area contributed by atoms with Crippen LogP contribution in [0, 0.1) is 18.3 Å². The predicted molar refractivity (Wildman–Crippen MR) is 63.1 cm³/mol. The molecule has 0 aliphatic heterocycles. The van der Waals surface area contributed by atoms with Crippen molar-refractivity contribution >= 4 is 21.4 Å². The normalized spacial score (nSPS) is 17.6. The van der Waals surface area contributed by atoms with Gasteiger partial charge in [-0.05, 0) is 36.8 Å². The molecule has 0 radical (unpaired) electrons. The number of thiophene rings is 1. The van der Waals surface area contributed by atoms with Crippen LogP contribution in [0.1, 0.15) is 23.3 Å². The Hall–Kier alpha value is -1.33. The van der Waals surface area contributed by atoms with E-state index in [-0.39, 0.29) is 5.41 Å². The molecule has 0 spiro atoms. The maximum atomic E-state index is 9.22. The summed E-state index contributed by atoms with van der Waals surface area (Å²) >= 11 is 1.80. The van der Waals surface area contributed by atoms with Crippen molar-refractivity contribution in [1.82, 2.24) is 0 Å². The zero-order valence-corrected chi connectivity index (χ0v) is 9.40. The van der Waals surface area contributed by atoms with E-state index in [1.165, 1.54) is 20.5 Å². The molecule has 1 heterocycles. The first kappa shape index (κ1) is 8.94. The Labute approximate surface area is 93.0 Å². The Morgan fingerprint density at radius 3 is 2.67 bits per heavy atom. The fourth-order valence-electron chi connectivity index (χ4n) is 2.15. The molecule has 2 aromatic rings. The monoisotopic (exact) mass is 213 g/mol. The largest absolute Gasteiger partial charge is 0.197 e. The van der Waals surface area contributed by atoms with E-state index >= 15 is 0 Å². The van der Waals surface area contributed by atoms with Gasteiger partial charge in [0.15, 0.2) is 0 Å². The fraction of sp³-hybridized carbons (Fsp3) is 0.308. The summed E-state index contributed by atoms with van der Waals surface area (Å²) in [6.45, 7) is 2.14. The van der Waals surface area contributed by atoms with E-state index in [1.54, 1.807) is 11.3 Å². The maximum Gasteiger partial charge on any atom is 0.0919 e. The molecular weight excluding hydrogens is 202 g/mol. The molecule has 0 bridgehead atoms. The highest BCUT2D eigenvalue weighted by molar-refractivity contribution is 7.19. The molecule has 0 unspecified atom stereocenters. The van der Waals surface area contributed by atoms with Crippen LogP contribution < -0.4 is 0 Å². The van der Waals surface area contributed by atoms with Gasteiger partial charge in [0, 0.05) is 9.58 Å². The van der Waals surface area contributed by atoms with Gasteiger partial charge in [0.05, 0.1) is 11.5 Å². The van der Waals surface area contributed by atoms with Crippen LogP contribution >= 0.6 is 11.3 Å². The number of aryl methyl sites for hydroxylation is 1. The number of nitriles is 1. The lowest BCUT2D eigenvalue weighted by Crippen LogP contribution is -2.00. The molecule has 0 amide bonds. The Kier molecular flexibility index (Phi) is 1.69. The molecular formula is C13H11NS. The molecule has 74 valence electrons. The van der Waals surface area contributed by atoms with Crippen LogP contribution in [0.3, 0.4) is 0 Å². The van der Waals surface area contributed by atoms with Crippen molar-refractivity contribution in [1.29, 1.82) is 5.26 Å². The molecule has 1 aromatic carbocycles. The molecule has 0 atom stereocenters. The second-order valence-electron chi connectivity index (χ2n) is 4.25. The number of hydrogen-bond acceptors (Lipinski definition) is 2. The first-order chi connectivity index (χ1) is 7.27. The quantitative estimate of drug-likeness (QED) is 0.707. The van der Waals surface area contributed by atoms with Crippen molar-refractivity contribution in [2.24, 2.45) is 0 Å². The summed E-state index contributed by atoms with van der Waals surface area (Å²) in [6.07, 6.45) is 2.08. The van der Waals surface area contributed by atoms with Crippen LogP contribution in [0.25, 0.3) is 10.1 Å². The Morgan fingerprint density at radius 2 is 2.07 bits per heavy atom. The summed E-state index contributed by atoms with van der Waals surface area (Å²) in [5.41, 5.74) is 1.18. The minimum atomic E-state index is -0.131. The summed E-state index contributed by atoms with van der Waals surface area (Å²) in [5.74, 6) is 0. The van der Waals surface area contributed by atoms with E-state index in [9.17, 15) is 5.26 Å². The second-order valence-corrected chi connectivity index (χ2v) is 5.30. The van der Waals surface area contributed by atoms with Gasteiger partial charge in [0.25, 0.3) is 0 Å². The molecule has 1 saturated carbocycles. The summed E-state index contributed by atoms with van der Waals surface area (Å²) in [7, 11) is 0. The molecule has 0 saturated heterocycles. The Bertz CT molecular complexity index is 570. The molecule has 2 heteroatoms. The van der Waals surface area contributed by atoms with E-state index in [4.69, 9.17) is 0 Å². The number of hydrogen-bond donors (Lipinski definition) is 0. The number of fused-ring (bicyclic) bond motifs is 1. The Morgan fingerprint density at radius 1 is 1.33 bits per heavy atom. The first-order valence-corrected chi connectivity index (χ1v) is 5.98. The maximum absolute atomic E-state index is 9.22. The van der Waals surface area contributed by atoms with Gasteiger partial charge in [-0.15, -0.1) is 11.3 Å². The van der Waals surface area contributed by atoms with Crippen molar-refractivity contribution in [3.63, 3.8) is 0 Å². The summed E-state index contributed by atoms with van der Waals surface area (Å²) in [5, 5.41) is 10.5. The number of nitrogens with zero attached hydrogens (tertiary/aromatic N) is 1. The van der Waals surface area contributed by atoms with Crippen molar-refractivity contribution in [2.45, 2.75) is 25.2 Å². The minimum Gasteiger partial charge on any atom is -0.197 e. The third-order valence-corrected chi connectivity index (χ3v) is 4.72. The van der Waals surface area contributed by atoms with Crippen LogP contribution in [0.5, 0.6) is 0 Å². The second kappa shape index (κ2) is 2.84. The third-order valence-electron chi connectivity index (χ3n) is 3.24. The lowest BCUT2D eigenvalue weighted by atomic mass is 10.0. The highest BCUT2D eigenvalue weighted by Gasteiger charge is 2.47. The summed E-state index contributed by atoms with van der Waals surface area (Å²) in [4.78, 5) is 1.30. The molecule has 1 nitrogen and oxygen atoms in total. The number of rotatable bonds is 1. The topological polar surface area (TPSA) is 23.8 Å². The average molecular weight is 213 g/mol. The van der Waals surface area contributed by atoms with Crippen molar-refractivity contribution in [2.75, 3.05) is 0 Å². The molecule has 0 N–H and O–H groups in total. The van der Waals surface area contributed by atoms with Gasteiger partial charge < -0.3 is 0 Å². The highest BCUT2D eigenvalue weighted by Crippen LogP contribution is 2.52. The first-order valence-electron chi connectivity index (χ1n) is 5.17. The van der Waals surface area contributed by atoms with Gasteiger partial charge in [-0.2, -0.15) is 5.26 Å². The SMILES string of the molecule is Cc1c(C2(C#N)CC2)sc2ccccc12. The minimum absolute atomic E-state index is 0.131. The van der Waals surface area contributed by atoms with Gasteiger partial charge >= 0.3 is 0 Å². The van der Waals surface area contributed by atoms with Crippen molar-refractivity contribution in [3.05, 3.63) is 34.7 Å². The van der Waals surface area contributed by atoms with E-state index in [1.807, 2.05) is 0 Å². The van der Waals surface area contributed by atoms with Crippen molar-refractivity contribution < 1.29 is 0 Å². The van der Waals surface area contributed by atoms with Crippen LogP contribution in [-0.2, 0) is 5.41 Å². The number of benzene rings is 1. The molecule has 15 heavy (non-hydrogen) atoms. The van der Waals surface area contributed by atoms with Gasteiger partial charge in [0.1, 0.15) is 0 Å². The molecule has 1 aliphatic rings. The van der Waals surface area contributed by atoms with Crippen LogP contribution in [0.2, 0.25) is 0 Å². The Balaban J connectivity index is 2.30. The lowest BCUT2D eigenvalue weighted by Gasteiger charge is -2.02. The zero-order chi connectivity index (χ0) is 10.5. The van der Waals surface area contributed by atoms with Crippen LogP contribution in [-0.4, -0.2) is 0 Å². The standard InChI is InChI=1S/C13H11NS/c1-9-10-4-2-3-5-11(10)15-12(9)13(8-14)6-7-13/h2-5H,6-7H2,1H3. The van der Waals surface area contributed by atoms with Gasteiger partial charge in [0.2, 0.25) is 0 Å². The lowest BCUT2D eigenvalue weighted by molar-refractivity contribution is 0.927. The van der Waals surface area contributed by atoms with Crippen LogP contribution in [0.15, 0.2) is 24.3 Å².